The van der Waals surface area contributed by atoms with Crippen LogP contribution in [0.1, 0.15) is 44.5 Å². The molecule has 1 aliphatic rings. The van der Waals surface area contributed by atoms with Crippen LogP contribution in [0.15, 0.2) is 6.20 Å². The smallest absolute Gasteiger partial charge is 0.214 e. The first-order valence-electron chi connectivity index (χ1n) is 7.92. The lowest BCUT2D eigenvalue weighted by Crippen LogP contribution is -2.31. The van der Waals surface area contributed by atoms with Crippen LogP contribution in [0.5, 0.6) is 0 Å². The van der Waals surface area contributed by atoms with E-state index in [0.717, 1.165) is 46.8 Å². The Morgan fingerprint density at radius 1 is 1.26 bits per heavy atom. The van der Waals surface area contributed by atoms with E-state index in [0.29, 0.717) is 6.04 Å². The summed E-state index contributed by atoms with van der Waals surface area (Å²) < 4.78 is 3.88. The van der Waals surface area contributed by atoms with Crippen molar-refractivity contribution < 1.29 is 0 Å². The van der Waals surface area contributed by atoms with Crippen molar-refractivity contribution in [2.24, 2.45) is 0 Å². The summed E-state index contributed by atoms with van der Waals surface area (Å²) in [4.78, 5) is 10.1. The monoisotopic (exact) mass is 331 g/mol. The molecule has 4 rings (SSSR count). The van der Waals surface area contributed by atoms with Crippen molar-refractivity contribution in [1.29, 1.82) is 0 Å². The summed E-state index contributed by atoms with van der Waals surface area (Å²) in [5.41, 5.74) is 1.12. The second-order valence-corrected chi connectivity index (χ2v) is 8.10. The van der Waals surface area contributed by atoms with E-state index in [4.69, 9.17) is 0 Å². The highest BCUT2D eigenvalue weighted by Crippen LogP contribution is 2.27. The van der Waals surface area contributed by atoms with Gasteiger partial charge in [0.2, 0.25) is 10.1 Å². The number of rotatable bonds is 2. The Morgan fingerprint density at radius 3 is 2.83 bits per heavy atom. The molecule has 8 heteroatoms. The highest BCUT2D eigenvalue weighted by Gasteiger charge is 2.23. The third kappa shape index (κ3) is 2.71. The Hall–Kier alpha value is -1.96. The zero-order chi connectivity index (χ0) is 16.2. The minimum Gasteiger partial charge on any atom is -0.355 e. The van der Waals surface area contributed by atoms with Crippen LogP contribution in [0.2, 0.25) is 0 Å². The van der Waals surface area contributed by atoms with E-state index in [2.05, 4.69) is 46.3 Å². The van der Waals surface area contributed by atoms with Crippen LogP contribution in [-0.4, -0.2) is 35.4 Å². The molecule has 122 valence electrons. The highest BCUT2D eigenvalue weighted by molar-refractivity contribution is 7.20. The molecular formula is C15H21N7S. The number of imidazole rings is 1. The molecule has 0 fully saturated rings. The van der Waals surface area contributed by atoms with Gasteiger partial charge in [0.1, 0.15) is 11.6 Å². The van der Waals surface area contributed by atoms with Crippen LogP contribution >= 0.6 is 11.3 Å². The number of nitrogens with one attached hydrogen (secondary N) is 1. The van der Waals surface area contributed by atoms with Crippen LogP contribution in [0.25, 0.3) is 4.96 Å². The van der Waals surface area contributed by atoms with Crippen molar-refractivity contribution in [1.82, 2.24) is 29.4 Å². The van der Waals surface area contributed by atoms with Crippen molar-refractivity contribution >= 4 is 21.4 Å². The first kappa shape index (κ1) is 14.6. The van der Waals surface area contributed by atoms with Crippen molar-refractivity contribution in [3.05, 3.63) is 23.5 Å². The number of aryl methyl sites for hydroxylation is 2. The Labute approximate surface area is 138 Å². The van der Waals surface area contributed by atoms with Gasteiger partial charge in [-0.1, -0.05) is 32.1 Å². The lowest BCUT2D eigenvalue weighted by molar-refractivity contribution is 0.440. The molecule has 0 radical (unpaired) electrons. The molecule has 0 amide bonds. The van der Waals surface area contributed by atoms with Gasteiger partial charge in [-0.05, 0) is 13.3 Å². The molecule has 0 bridgehead atoms. The third-order valence-electron chi connectivity index (χ3n) is 4.10. The maximum absolute atomic E-state index is 4.69. The zero-order valence-corrected chi connectivity index (χ0v) is 14.7. The third-order valence-corrected chi connectivity index (χ3v) is 4.96. The minimum atomic E-state index is 0.0474. The maximum atomic E-state index is 4.69. The first-order chi connectivity index (χ1) is 10.9. The average Bonchev–Trinajstić information content (AvgIpc) is 3.08. The predicted octanol–water partition coefficient (Wildman–Crippen LogP) is 2.42. The first-order valence-corrected chi connectivity index (χ1v) is 8.74. The van der Waals surface area contributed by atoms with Gasteiger partial charge in [-0.15, -0.1) is 5.10 Å². The molecule has 1 aliphatic heterocycles. The van der Waals surface area contributed by atoms with Crippen LogP contribution < -0.4 is 5.32 Å². The molecule has 4 heterocycles. The summed E-state index contributed by atoms with van der Waals surface area (Å²) in [5.74, 6) is 1.94. The standard InChI is InChI=1S/C15H21N7S/c1-9-16-12-6-5-10(7-21(12)19-9)17-13-20-22-8-11(15(2,3)4)18-14(22)23-13/h8,10H,5-7H2,1-4H3,(H,17,20)/t10-/m0/s1. The maximum Gasteiger partial charge on any atom is 0.214 e. The van der Waals surface area contributed by atoms with E-state index >= 15 is 0 Å². The average molecular weight is 331 g/mol. The van der Waals surface area contributed by atoms with Crippen molar-refractivity contribution in [3.8, 4) is 0 Å². The molecule has 0 saturated carbocycles. The molecule has 23 heavy (non-hydrogen) atoms. The number of hydrogen-bond donors (Lipinski definition) is 1. The van der Waals surface area contributed by atoms with E-state index < -0.39 is 0 Å². The van der Waals surface area contributed by atoms with Crippen molar-refractivity contribution in [3.63, 3.8) is 0 Å². The molecule has 0 spiro atoms. The van der Waals surface area contributed by atoms with Gasteiger partial charge in [-0.2, -0.15) is 5.10 Å². The Balaban J connectivity index is 1.51. The Kier molecular flexibility index (Phi) is 3.19. The molecule has 3 aromatic rings. The largest absolute Gasteiger partial charge is 0.355 e. The summed E-state index contributed by atoms with van der Waals surface area (Å²) in [7, 11) is 0. The van der Waals surface area contributed by atoms with E-state index in [1.165, 1.54) is 0 Å². The quantitative estimate of drug-likeness (QED) is 0.781. The zero-order valence-electron chi connectivity index (χ0n) is 13.9. The van der Waals surface area contributed by atoms with Gasteiger partial charge in [0, 0.05) is 17.9 Å². The SMILES string of the molecule is Cc1nc2n(n1)C[C@@H](Nc1nn3cc(C(C)(C)C)nc3s1)CC2. The summed E-state index contributed by atoms with van der Waals surface area (Å²) in [5, 5.41) is 13.5. The lowest BCUT2D eigenvalue weighted by atomic mass is 9.93. The molecular weight excluding hydrogens is 310 g/mol. The number of fused-ring (bicyclic) bond motifs is 2. The fourth-order valence-corrected chi connectivity index (χ4v) is 3.70. The van der Waals surface area contributed by atoms with Crippen molar-refractivity contribution in [2.45, 2.75) is 58.5 Å². The molecule has 3 aromatic heterocycles. The van der Waals surface area contributed by atoms with Crippen molar-refractivity contribution in [2.75, 3.05) is 5.32 Å². The number of hydrogen-bond acceptors (Lipinski definition) is 6. The van der Waals surface area contributed by atoms with Gasteiger partial charge in [0.25, 0.3) is 0 Å². The fraction of sp³-hybridized carbons (Fsp3) is 0.600. The Morgan fingerprint density at radius 2 is 2.09 bits per heavy atom. The predicted molar refractivity (Wildman–Crippen MR) is 90.1 cm³/mol. The fourth-order valence-electron chi connectivity index (χ4n) is 2.85. The van der Waals surface area contributed by atoms with Gasteiger partial charge >= 0.3 is 0 Å². The summed E-state index contributed by atoms with van der Waals surface area (Å²) in [6, 6.07) is 0.335. The van der Waals surface area contributed by atoms with E-state index in [-0.39, 0.29) is 5.41 Å². The van der Waals surface area contributed by atoms with Crippen LogP contribution in [0, 0.1) is 6.92 Å². The van der Waals surface area contributed by atoms with Crippen LogP contribution in [-0.2, 0) is 18.4 Å². The van der Waals surface area contributed by atoms with Gasteiger partial charge < -0.3 is 5.32 Å². The topological polar surface area (TPSA) is 72.9 Å². The number of anilines is 1. The molecule has 0 aromatic carbocycles. The van der Waals surface area contributed by atoms with E-state index in [1.54, 1.807) is 11.3 Å². The normalized spacial score (nSPS) is 18.3. The summed E-state index contributed by atoms with van der Waals surface area (Å²) >= 11 is 1.60. The number of nitrogens with zero attached hydrogens (tertiary/aromatic N) is 6. The lowest BCUT2D eigenvalue weighted by Gasteiger charge is -2.22. The molecule has 0 saturated heterocycles. The number of aromatic nitrogens is 6. The molecule has 1 atom stereocenters. The summed E-state index contributed by atoms with van der Waals surface area (Å²) in [6.07, 6.45) is 4.03. The molecule has 0 aliphatic carbocycles. The van der Waals surface area contributed by atoms with E-state index in [9.17, 15) is 0 Å². The van der Waals surface area contributed by atoms with Crippen LogP contribution in [0.3, 0.4) is 0 Å². The molecule has 0 unspecified atom stereocenters. The minimum absolute atomic E-state index is 0.0474. The van der Waals surface area contributed by atoms with Gasteiger partial charge in [0.05, 0.1) is 18.4 Å². The summed E-state index contributed by atoms with van der Waals surface area (Å²) in [6.45, 7) is 9.27. The van der Waals surface area contributed by atoms with Crippen LogP contribution in [0.4, 0.5) is 5.13 Å². The highest BCUT2D eigenvalue weighted by atomic mass is 32.1. The second kappa shape index (κ2) is 5.02. The molecule has 7 nitrogen and oxygen atoms in total. The Bertz CT molecular complexity index is 820. The van der Waals surface area contributed by atoms with E-state index in [1.807, 2.05) is 22.3 Å². The van der Waals surface area contributed by atoms with Gasteiger partial charge in [0.15, 0.2) is 0 Å². The second-order valence-electron chi connectivity index (χ2n) is 7.15. The van der Waals surface area contributed by atoms with Gasteiger partial charge in [-0.3, -0.25) is 0 Å². The van der Waals surface area contributed by atoms with Gasteiger partial charge in [-0.25, -0.2) is 19.2 Å². The molecule has 1 N–H and O–H groups in total.